The van der Waals surface area contributed by atoms with Gasteiger partial charge in [0, 0.05) is 55.9 Å². The van der Waals surface area contributed by atoms with Gasteiger partial charge in [-0.1, -0.05) is 12.1 Å². The molecule has 5 heterocycles. The third-order valence-electron chi connectivity index (χ3n) is 5.99. The SMILES string of the molecule is O=C(c1cccc(-n2cnnc2)c1)N1C[C@H]2CC[C@@H]1CN(Cc1cccnc1)C2. The van der Waals surface area contributed by atoms with E-state index in [1.54, 1.807) is 12.7 Å². The second kappa shape index (κ2) is 7.75. The van der Waals surface area contributed by atoms with Gasteiger partial charge in [0.1, 0.15) is 12.7 Å². The molecule has 0 unspecified atom stereocenters. The van der Waals surface area contributed by atoms with E-state index in [2.05, 4.69) is 31.0 Å². The summed E-state index contributed by atoms with van der Waals surface area (Å²) in [5.74, 6) is 0.647. The molecule has 2 atom stereocenters. The van der Waals surface area contributed by atoms with Crippen molar-refractivity contribution in [3.05, 3.63) is 72.6 Å². The molecule has 3 aromatic rings. The van der Waals surface area contributed by atoms with Crippen molar-refractivity contribution in [2.45, 2.75) is 25.4 Å². The average molecular weight is 388 g/mol. The summed E-state index contributed by atoms with van der Waals surface area (Å²) in [6.07, 6.45) is 9.31. The lowest BCUT2D eigenvalue weighted by Gasteiger charge is -2.36. The van der Waals surface area contributed by atoms with Crippen molar-refractivity contribution < 1.29 is 4.79 Å². The van der Waals surface area contributed by atoms with Crippen molar-refractivity contribution in [1.82, 2.24) is 29.5 Å². The summed E-state index contributed by atoms with van der Waals surface area (Å²) in [6.45, 7) is 3.69. The van der Waals surface area contributed by atoms with Crippen LogP contribution in [-0.2, 0) is 6.54 Å². The molecule has 0 spiro atoms. The fraction of sp³-hybridized carbons (Fsp3) is 0.364. The highest BCUT2D eigenvalue weighted by atomic mass is 16.2. The van der Waals surface area contributed by atoms with Crippen LogP contribution < -0.4 is 0 Å². The van der Waals surface area contributed by atoms with Crippen LogP contribution in [0.4, 0.5) is 0 Å². The van der Waals surface area contributed by atoms with Crippen molar-refractivity contribution >= 4 is 5.91 Å². The summed E-state index contributed by atoms with van der Waals surface area (Å²) in [7, 11) is 0. The van der Waals surface area contributed by atoms with Crippen molar-refractivity contribution in [2.75, 3.05) is 19.6 Å². The van der Waals surface area contributed by atoms with Crippen LogP contribution in [0.3, 0.4) is 0 Å². The number of hydrogen-bond acceptors (Lipinski definition) is 5. The monoisotopic (exact) mass is 388 g/mol. The summed E-state index contributed by atoms with van der Waals surface area (Å²) in [6, 6.07) is 12.1. The molecule has 1 amide bonds. The molecule has 29 heavy (non-hydrogen) atoms. The molecule has 2 aromatic heterocycles. The smallest absolute Gasteiger partial charge is 0.254 e. The zero-order chi connectivity index (χ0) is 19.6. The van der Waals surface area contributed by atoms with Crippen LogP contribution in [0.2, 0.25) is 0 Å². The van der Waals surface area contributed by atoms with Gasteiger partial charge in [-0.25, -0.2) is 0 Å². The lowest BCUT2D eigenvalue weighted by atomic mass is 9.94. The Balaban J connectivity index is 1.34. The maximum absolute atomic E-state index is 13.4. The minimum absolute atomic E-state index is 0.123. The van der Waals surface area contributed by atoms with Gasteiger partial charge < -0.3 is 4.90 Å². The number of aromatic nitrogens is 4. The molecule has 0 aliphatic carbocycles. The molecule has 1 aromatic carbocycles. The zero-order valence-corrected chi connectivity index (χ0v) is 16.3. The van der Waals surface area contributed by atoms with E-state index in [1.807, 2.05) is 47.3 Å². The average Bonchev–Trinajstić information content (AvgIpc) is 3.17. The molecule has 2 bridgehead atoms. The van der Waals surface area contributed by atoms with Crippen LogP contribution in [0.5, 0.6) is 0 Å². The van der Waals surface area contributed by atoms with Gasteiger partial charge in [-0.05, 0) is 48.6 Å². The Morgan fingerprint density at radius 2 is 1.93 bits per heavy atom. The Morgan fingerprint density at radius 3 is 2.76 bits per heavy atom. The summed E-state index contributed by atoms with van der Waals surface area (Å²) in [5, 5.41) is 7.71. The van der Waals surface area contributed by atoms with E-state index in [9.17, 15) is 4.79 Å². The number of piperidine rings is 1. The normalized spacial score (nSPS) is 21.9. The second-order valence-corrected chi connectivity index (χ2v) is 8.03. The third-order valence-corrected chi connectivity index (χ3v) is 5.99. The Morgan fingerprint density at radius 1 is 1.03 bits per heavy atom. The first-order valence-electron chi connectivity index (χ1n) is 10.1. The van der Waals surface area contributed by atoms with Gasteiger partial charge >= 0.3 is 0 Å². The summed E-state index contributed by atoms with van der Waals surface area (Å²) >= 11 is 0. The highest BCUT2D eigenvalue weighted by Crippen LogP contribution is 2.30. The molecule has 3 aliphatic rings. The lowest BCUT2D eigenvalue weighted by Crippen LogP contribution is -2.47. The Hall–Kier alpha value is -3.06. The van der Waals surface area contributed by atoms with Crippen LogP contribution >= 0.6 is 0 Å². The van der Waals surface area contributed by atoms with E-state index in [-0.39, 0.29) is 11.9 Å². The molecular formula is C22H24N6O. The standard InChI is InChI=1S/C22H24N6O/c29-22(19-4-1-5-20(9-19)27-15-24-25-16-27)28-13-18-6-7-21(28)14-26(12-18)11-17-3-2-8-23-10-17/h1-5,8-10,15-16,18,21H,6-7,11-14H2/t18-,21+/m0/s1. The van der Waals surface area contributed by atoms with Gasteiger partial charge in [0.05, 0.1) is 0 Å². The molecule has 6 rings (SSSR count). The van der Waals surface area contributed by atoms with Crippen molar-refractivity contribution in [2.24, 2.45) is 5.92 Å². The largest absolute Gasteiger partial charge is 0.334 e. The number of pyridine rings is 1. The Bertz CT molecular complexity index is 974. The number of carbonyl (C=O) groups excluding carboxylic acids is 1. The van der Waals surface area contributed by atoms with E-state index < -0.39 is 0 Å². The lowest BCUT2D eigenvalue weighted by molar-refractivity contribution is 0.0585. The first-order valence-corrected chi connectivity index (χ1v) is 10.1. The van der Waals surface area contributed by atoms with Crippen molar-refractivity contribution in [1.29, 1.82) is 0 Å². The van der Waals surface area contributed by atoms with Crippen LogP contribution in [0.15, 0.2) is 61.4 Å². The van der Waals surface area contributed by atoms with Crippen LogP contribution in [-0.4, -0.2) is 61.1 Å². The van der Waals surface area contributed by atoms with Crippen LogP contribution in [0.25, 0.3) is 5.69 Å². The van der Waals surface area contributed by atoms with E-state index in [0.29, 0.717) is 5.92 Å². The molecular weight excluding hydrogens is 364 g/mol. The predicted octanol–water partition coefficient (Wildman–Crippen LogP) is 2.40. The number of benzene rings is 1. The molecule has 0 N–H and O–H groups in total. The summed E-state index contributed by atoms with van der Waals surface area (Å²) in [4.78, 5) is 22.2. The summed E-state index contributed by atoms with van der Waals surface area (Å²) < 4.78 is 1.82. The molecule has 3 saturated heterocycles. The van der Waals surface area contributed by atoms with Gasteiger partial charge in [0.25, 0.3) is 5.91 Å². The zero-order valence-electron chi connectivity index (χ0n) is 16.3. The van der Waals surface area contributed by atoms with Gasteiger partial charge in [-0.15, -0.1) is 10.2 Å². The highest BCUT2D eigenvalue weighted by molar-refractivity contribution is 5.95. The third kappa shape index (κ3) is 3.78. The molecule has 0 radical (unpaired) electrons. The fourth-order valence-corrected chi connectivity index (χ4v) is 4.61. The van der Waals surface area contributed by atoms with Crippen LogP contribution in [0, 0.1) is 5.92 Å². The van der Waals surface area contributed by atoms with Crippen molar-refractivity contribution in [3.63, 3.8) is 0 Å². The second-order valence-electron chi connectivity index (χ2n) is 8.03. The van der Waals surface area contributed by atoms with Gasteiger partial charge in [0.2, 0.25) is 0 Å². The molecule has 3 aliphatic heterocycles. The van der Waals surface area contributed by atoms with Crippen LogP contribution in [0.1, 0.15) is 28.8 Å². The van der Waals surface area contributed by atoms with Gasteiger partial charge in [-0.3, -0.25) is 19.2 Å². The quantitative estimate of drug-likeness (QED) is 0.687. The topological polar surface area (TPSA) is 67.2 Å². The van der Waals surface area contributed by atoms with E-state index in [0.717, 1.165) is 43.9 Å². The molecule has 148 valence electrons. The van der Waals surface area contributed by atoms with Crippen molar-refractivity contribution in [3.8, 4) is 5.69 Å². The first kappa shape index (κ1) is 18.0. The minimum Gasteiger partial charge on any atom is -0.334 e. The number of fused-ring (bicyclic) bond motifs is 4. The molecule has 7 heteroatoms. The number of carbonyl (C=O) groups is 1. The number of nitrogens with zero attached hydrogens (tertiary/aromatic N) is 6. The molecule has 0 saturated carbocycles. The maximum atomic E-state index is 13.4. The minimum atomic E-state index is 0.123. The maximum Gasteiger partial charge on any atom is 0.254 e. The van der Waals surface area contributed by atoms with E-state index in [4.69, 9.17) is 0 Å². The Kier molecular flexibility index (Phi) is 4.81. The summed E-state index contributed by atoms with van der Waals surface area (Å²) in [5.41, 5.74) is 2.86. The van der Waals surface area contributed by atoms with E-state index in [1.165, 1.54) is 12.0 Å². The molecule has 7 nitrogen and oxygen atoms in total. The number of amides is 1. The van der Waals surface area contributed by atoms with Gasteiger partial charge in [0.15, 0.2) is 0 Å². The Labute approximate surface area is 170 Å². The fourth-order valence-electron chi connectivity index (χ4n) is 4.61. The highest BCUT2D eigenvalue weighted by Gasteiger charge is 2.37. The predicted molar refractivity (Wildman–Crippen MR) is 108 cm³/mol. The number of rotatable bonds is 4. The first-order chi connectivity index (χ1) is 14.3. The number of hydrogen-bond donors (Lipinski definition) is 0. The van der Waals surface area contributed by atoms with E-state index >= 15 is 0 Å². The van der Waals surface area contributed by atoms with Gasteiger partial charge in [-0.2, -0.15) is 0 Å². The molecule has 3 fully saturated rings.